The number of carbonyl (C=O) groups excluding carboxylic acids is 1. The van der Waals surface area contributed by atoms with E-state index in [1.807, 2.05) is 0 Å². The van der Waals surface area contributed by atoms with Gasteiger partial charge < -0.3 is 5.32 Å². The van der Waals surface area contributed by atoms with Gasteiger partial charge >= 0.3 is 0 Å². The van der Waals surface area contributed by atoms with Gasteiger partial charge in [-0.2, -0.15) is 0 Å². The average molecular weight is 370 g/mol. The van der Waals surface area contributed by atoms with Crippen LogP contribution in [0.5, 0.6) is 0 Å². The van der Waals surface area contributed by atoms with Crippen LogP contribution in [0, 0.1) is 5.82 Å². The van der Waals surface area contributed by atoms with E-state index in [1.165, 1.54) is 18.2 Å². The van der Waals surface area contributed by atoms with Gasteiger partial charge in [0.15, 0.2) is 0 Å². The number of anilines is 1. The summed E-state index contributed by atoms with van der Waals surface area (Å²) in [5, 5.41) is 2.85. The van der Waals surface area contributed by atoms with Crippen LogP contribution in [-0.4, -0.2) is 22.4 Å². The van der Waals surface area contributed by atoms with Gasteiger partial charge in [0, 0.05) is 6.54 Å². The van der Waals surface area contributed by atoms with Gasteiger partial charge in [0.25, 0.3) is 0 Å². The van der Waals surface area contributed by atoms with E-state index >= 15 is 0 Å². The SMILES string of the molecule is O=C(Nc1ccc(F)cc1Cl)C1NNCC1I. The average Bonchev–Trinajstić information content (AvgIpc) is 2.68. The number of nitrogens with one attached hydrogen (secondary N) is 3. The highest BCUT2D eigenvalue weighted by Crippen LogP contribution is 2.23. The molecule has 1 aliphatic rings. The Bertz CT molecular complexity index is 446. The van der Waals surface area contributed by atoms with Crippen LogP contribution >= 0.6 is 34.2 Å². The lowest BCUT2D eigenvalue weighted by atomic mass is 10.2. The number of rotatable bonds is 2. The van der Waals surface area contributed by atoms with Crippen molar-refractivity contribution >= 4 is 45.8 Å². The summed E-state index contributed by atoms with van der Waals surface area (Å²) in [6, 6.07) is 3.54. The van der Waals surface area contributed by atoms with Gasteiger partial charge in [-0.3, -0.25) is 10.2 Å². The Morgan fingerprint density at radius 1 is 1.59 bits per heavy atom. The molecule has 17 heavy (non-hydrogen) atoms. The van der Waals surface area contributed by atoms with E-state index in [2.05, 4.69) is 38.8 Å². The fourth-order valence-electron chi connectivity index (χ4n) is 1.51. The van der Waals surface area contributed by atoms with E-state index in [9.17, 15) is 9.18 Å². The summed E-state index contributed by atoms with van der Waals surface area (Å²) in [5.74, 6) is -0.622. The topological polar surface area (TPSA) is 53.2 Å². The Morgan fingerprint density at radius 3 is 2.94 bits per heavy atom. The molecule has 2 unspecified atom stereocenters. The third kappa shape index (κ3) is 3.06. The first-order valence-electron chi connectivity index (χ1n) is 4.96. The third-order valence-corrected chi connectivity index (χ3v) is 3.86. The highest BCUT2D eigenvalue weighted by Gasteiger charge is 2.30. The van der Waals surface area contributed by atoms with Crippen molar-refractivity contribution in [1.29, 1.82) is 0 Å². The van der Waals surface area contributed by atoms with Gasteiger partial charge in [-0.25, -0.2) is 9.82 Å². The van der Waals surface area contributed by atoms with Crippen LogP contribution in [-0.2, 0) is 4.79 Å². The van der Waals surface area contributed by atoms with E-state index < -0.39 is 5.82 Å². The Morgan fingerprint density at radius 2 is 2.35 bits per heavy atom. The first kappa shape index (κ1) is 13.0. The van der Waals surface area contributed by atoms with Crippen molar-refractivity contribution < 1.29 is 9.18 Å². The largest absolute Gasteiger partial charge is 0.323 e. The molecule has 2 atom stereocenters. The van der Waals surface area contributed by atoms with Crippen molar-refractivity contribution in [2.75, 3.05) is 11.9 Å². The molecule has 1 aromatic rings. The van der Waals surface area contributed by atoms with E-state index in [0.29, 0.717) is 5.69 Å². The van der Waals surface area contributed by atoms with E-state index in [1.54, 1.807) is 0 Å². The highest BCUT2D eigenvalue weighted by atomic mass is 127. The minimum absolute atomic E-state index is 0.159. The standard InChI is InChI=1S/C10H10ClFIN3O/c11-6-3-5(12)1-2-8(6)15-10(17)9-7(13)4-14-16-9/h1-3,7,9,14,16H,4H2,(H,15,17). The number of benzene rings is 1. The number of hydrogen-bond donors (Lipinski definition) is 3. The predicted molar refractivity (Wildman–Crippen MR) is 72.8 cm³/mol. The maximum Gasteiger partial charge on any atom is 0.244 e. The molecule has 0 spiro atoms. The summed E-state index contributed by atoms with van der Waals surface area (Å²) in [5.41, 5.74) is 6.18. The molecule has 0 radical (unpaired) electrons. The van der Waals surface area contributed by atoms with Crippen molar-refractivity contribution in [3.8, 4) is 0 Å². The molecule has 7 heteroatoms. The van der Waals surface area contributed by atoms with Crippen molar-refractivity contribution in [2.45, 2.75) is 9.97 Å². The number of halogens is 3. The molecular weight excluding hydrogens is 359 g/mol. The monoisotopic (exact) mass is 369 g/mol. The summed E-state index contributed by atoms with van der Waals surface area (Å²) in [4.78, 5) is 11.9. The fourth-order valence-corrected chi connectivity index (χ4v) is 2.45. The van der Waals surface area contributed by atoms with E-state index in [0.717, 1.165) is 6.54 Å². The van der Waals surface area contributed by atoms with E-state index in [-0.39, 0.29) is 20.9 Å². The summed E-state index contributed by atoms with van der Waals surface area (Å²) in [6.07, 6.45) is 0. The molecule has 3 N–H and O–H groups in total. The summed E-state index contributed by atoms with van der Waals surface area (Å²) in [7, 11) is 0. The first-order chi connectivity index (χ1) is 8.08. The maximum absolute atomic E-state index is 12.8. The fraction of sp³-hybridized carbons (Fsp3) is 0.300. The minimum Gasteiger partial charge on any atom is -0.323 e. The molecule has 1 aliphatic heterocycles. The molecule has 1 heterocycles. The summed E-state index contributed by atoms with van der Waals surface area (Å²) in [6.45, 7) is 0.718. The molecular formula is C10H10ClFIN3O. The lowest BCUT2D eigenvalue weighted by Gasteiger charge is -2.14. The molecule has 92 valence electrons. The molecule has 1 amide bonds. The van der Waals surface area contributed by atoms with Crippen LogP contribution in [0.4, 0.5) is 10.1 Å². The first-order valence-corrected chi connectivity index (χ1v) is 6.58. The summed E-state index contributed by atoms with van der Waals surface area (Å²) < 4.78 is 13.0. The smallest absolute Gasteiger partial charge is 0.244 e. The minimum atomic E-state index is -0.430. The Balaban J connectivity index is 2.07. The molecule has 2 rings (SSSR count). The molecule has 1 saturated heterocycles. The van der Waals surface area contributed by atoms with Crippen LogP contribution in [0.1, 0.15) is 0 Å². The van der Waals surface area contributed by atoms with Crippen LogP contribution in [0.15, 0.2) is 18.2 Å². The van der Waals surface area contributed by atoms with Crippen molar-refractivity contribution in [3.63, 3.8) is 0 Å². The second kappa shape index (κ2) is 5.47. The summed E-state index contributed by atoms with van der Waals surface area (Å²) >= 11 is 8.01. The molecule has 0 aromatic heterocycles. The van der Waals surface area contributed by atoms with Gasteiger partial charge in [0.1, 0.15) is 11.9 Å². The molecule has 1 aromatic carbocycles. The molecule has 0 aliphatic carbocycles. The molecule has 4 nitrogen and oxygen atoms in total. The lowest BCUT2D eigenvalue weighted by molar-refractivity contribution is -0.117. The Hall–Kier alpha value is -0.440. The zero-order chi connectivity index (χ0) is 12.4. The predicted octanol–water partition coefficient (Wildman–Crippen LogP) is 1.70. The number of amides is 1. The highest BCUT2D eigenvalue weighted by molar-refractivity contribution is 14.1. The second-order valence-corrected chi connectivity index (χ2v) is 5.64. The molecule has 0 bridgehead atoms. The van der Waals surface area contributed by atoms with Crippen molar-refractivity contribution in [1.82, 2.24) is 10.9 Å². The van der Waals surface area contributed by atoms with Crippen molar-refractivity contribution in [2.24, 2.45) is 0 Å². The quantitative estimate of drug-likeness (QED) is 0.549. The van der Waals surface area contributed by atoms with Crippen LogP contribution in [0.2, 0.25) is 5.02 Å². The number of alkyl halides is 1. The van der Waals surface area contributed by atoms with Gasteiger partial charge in [-0.1, -0.05) is 34.2 Å². The van der Waals surface area contributed by atoms with Crippen LogP contribution in [0.25, 0.3) is 0 Å². The third-order valence-electron chi connectivity index (χ3n) is 2.39. The van der Waals surface area contributed by atoms with Gasteiger partial charge in [-0.15, -0.1) is 0 Å². The van der Waals surface area contributed by atoms with E-state index in [4.69, 9.17) is 11.6 Å². The zero-order valence-electron chi connectivity index (χ0n) is 8.64. The van der Waals surface area contributed by atoms with Crippen molar-refractivity contribution in [3.05, 3.63) is 29.0 Å². The normalized spacial score (nSPS) is 23.7. The van der Waals surface area contributed by atoms with Gasteiger partial charge in [-0.05, 0) is 18.2 Å². The molecule has 1 fully saturated rings. The van der Waals surface area contributed by atoms with Crippen LogP contribution < -0.4 is 16.2 Å². The zero-order valence-corrected chi connectivity index (χ0v) is 11.5. The Kier molecular flexibility index (Phi) is 4.18. The van der Waals surface area contributed by atoms with Gasteiger partial charge in [0.05, 0.1) is 14.6 Å². The lowest BCUT2D eigenvalue weighted by Crippen LogP contribution is -2.42. The number of hydrazine groups is 1. The van der Waals surface area contributed by atoms with Gasteiger partial charge in [0.2, 0.25) is 5.91 Å². The maximum atomic E-state index is 12.8. The second-order valence-electron chi connectivity index (χ2n) is 3.63. The number of carbonyl (C=O) groups is 1. The number of hydrogen-bond acceptors (Lipinski definition) is 3. The van der Waals surface area contributed by atoms with Crippen LogP contribution in [0.3, 0.4) is 0 Å². The Labute approximate surface area is 116 Å². The molecule has 0 saturated carbocycles.